The van der Waals surface area contributed by atoms with Crippen LogP contribution in [0, 0.1) is 0 Å². The number of hydrogen-bond acceptors (Lipinski definition) is 5. The fourth-order valence-corrected chi connectivity index (χ4v) is 4.65. The maximum absolute atomic E-state index is 12.5. The van der Waals surface area contributed by atoms with Crippen molar-refractivity contribution in [3.8, 4) is 5.75 Å². The molecule has 1 aromatic carbocycles. The molecule has 0 aliphatic carbocycles. The molecule has 0 unspecified atom stereocenters. The molecule has 140 valence electrons. The van der Waals surface area contributed by atoms with E-state index in [-0.39, 0.29) is 24.0 Å². The van der Waals surface area contributed by atoms with E-state index in [1.54, 1.807) is 0 Å². The van der Waals surface area contributed by atoms with Gasteiger partial charge in [0.2, 0.25) is 5.91 Å². The minimum Gasteiger partial charge on any atom is -0.494 e. The molecule has 3 rings (SSSR count). The van der Waals surface area contributed by atoms with Crippen LogP contribution in [-0.4, -0.2) is 45.6 Å². The number of thiocarbonyl (C=S) groups is 1. The van der Waals surface area contributed by atoms with E-state index in [0.29, 0.717) is 16.9 Å². The highest BCUT2D eigenvalue weighted by Gasteiger charge is 2.34. The maximum atomic E-state index is 12.5. The Hall–Kier alpha value is -1.93. The summed E-state index contributed by atoms with van der Waals surface area (Å²) >= 11 is 6.87. The van der Waals surface area contributed by atoms with E-state index in [0.717, 1.165) is 22.4 Å². The lowest BCUT2D eigenvalue weighted by molar-refractivity contribution is -0.117. The number of benzene rings is 1. The van der Waals surface area contributed by atoms with Crippen LogP contribution in [0.25, 0.3) is 10.2 Å². The van der Waals surface area contributed by atoms with Gasteiger partial charge in [0.05, 0.1) is 23.4 Å². The lowest BCUT2D eigenvalue weighted by Gasteiger charge is -2.44. The molecule has 1 atom stereocenters. The van der Waals surface area contributed by atoms with Crippen LogP contribution in [0.1, 0.15) is 34.1 Å². The third kappa shape index (κ3) is 4.24. The number of thiazole rings is 1. The van der Waals surface area contributed by atoms with Crippen LogP contribution in [0.5, 0.6) is 5.75 Å². The van der Waals surface area contributed by atoms with E-state index in [4.69, 9.17) is 17.0 Å². The normalized spacial score (nSPS) is 19.3. The molecule has 2 aromatic rings. The number of ether oxygens (including phenoxy) is 1. The number of carbonyl (C=O) groups excluding carboxylic acids is 1. The summed E-state index contributed by atoms with van der Waals surface area (Å²) in [5, 5.41) is 7.39. The molecule has 1 aliphatic heterocycles. The van der Waals surface area contributed by atoms with E-state index < -0.39 is 0 Å². The Morgan fingerprint density at radius 3 is 3.00 bits per heavy atom. The molecule has 1 aromatic heterocycles. The first kappa shape index (κ1) is 18.8. The van der Waals surface area contributed by atoms with E-state index in [1.165, 1.54) is 11.3 Å². The quantitative estimate of drug-likeness (QED) is 0.761. The van der Waals surface area contributed by atoms with Crippen molar-refractivity contribution in [2.75, 3.05) is 18.5 Å². The van der Waals surface area contributed by atoms with Crippen LogP contribution >= 0.6 is 23.6 Å². The lowest BCUT2D eigenvalue weighted by Crippen LogP contribution is -2.61. The molecule has 6 nitrogen and oxygen atoms in total. The zero-order valence-electron chi connectivity index (χ0n) is 15.5. The number of rotatable bonds is 5. The predicted molar refractivity (Wildman–Crippen MR) is 110 cm³/mol. The fraction of sp³-hybridized carbons (Fsp3) is 0.500. The van der Waals surface area contributed by atoms with Gasteiger partial charge in [-0.15, -0.1) is 0 Å². The van der Waals surface area contributed by atoms with Crippen molar-refractivity contribution in [2.24, 2.45) is 0 Å². The van der Waals surface area contributed by atoms with Crippen molar-refractivity contribution in [1.82, 2.24) is 15.2 Å². The molecule has 8 heteroatoms. The van der Waals surface area contributed by atoms with Crippen molar-refractivity contribution in [3.05, 3.63) is 18.2 Å². The summed E-state index contributed by atoms with van der Waals surface area (Å²) in [5.41, 5.74) is 0.799. The topological polar surface area (TPSA) is 66.5 Å². The number of anilines is 1. The van der Waals surface area contributed by atoms with Crippen molar-refractivity contribution in [3.63, 3.8) is 0 Å². The van der Waals surface area contributed by atoms with Gasteiger partial charge >= 0.3 is 0 Å². The largest absolute Gasteiger partial charge is 0.494 e. The van der Waals surface area contributed by atoms with Gasteiger partial charge in [0.25, 0.3) is 0 Å². The smallest absolute Gasteiger partial charge is 0.245 e. The van der Waals surface area contributed by atoms with Gasteiger partial charge in [0.15, 0.2) is 10.2 Å². The first-order chi connectivity index (χ1) is 12.3. The van der Waals surface area contributed by atoms with Crippen LogP contribution in [0.4, 0.5) is 5.13 Å². The predicted octanol–water partition coefficient (Wildman–Crippen LogP) is 3.38. The van der Waals surface area contributed by atoms with Crippen LogP contribution in [0.3, 0.4) is 0 Å². The number of hydrogen-bond donors (Lipinski definition) is 2. The standard InChI is InChI=1S/C18H24N4O2S2/c1-5-24-12-6-7-13-14(8-12)26-16(19-13)20-15(23)10-22-11(2)9-18(3,4)21-17(22)25/h6-8,11H,5,9-10H2,1-4H3,(H,21,25)(H,19,20,23)/t11-/m1/s1. The molecule has 2 heterocycles. The van der Waals surface area contributed by atoms with Gasteiger partial charge in [0, 0.05) is 11.6 Å². The van der Waals surface area contributed by atoms with Crippen molar-refractivity contribution >= 4 is 49.9 Å². The number of amides is 1. The summed E-state index contributed by atoms with van der Waals surface area (Å²) in [5.74, 6) is 0.687. The zero-order valence-corrected chi connectivity index (χ0v) is 17.1. The Balaban J connectivity index is 1.66. The van der Waals surface area contributed by atoms with Crippen molar-refractivity contribution < 1.29 is 9.53 Å². The van der Waals surface area contributed by atoms with E-state index in [2.05, 4.69) is 36.4 Å². The Morgan fingerprint density at radius 2 is 2.31 bits per heavy atom. The highest BCUT2D eigenvalue weighted by Crippen LogP contribution is 2.29. The van der Waals surface area contributed by atoms with E-state index in [1.807, 2.05) is 30.0 Å². The minimum atomic E-state index is -0.121. The first-order valence-electron chi connectivity index (χ1n) is 8.69. The van der Waals surface area contributed by atoms with Crippen molar-refractivity contribution in [1.29, 1.82) is 0 Å². The Labute approximate surface area is 162 Å². The van der Waals surface area contributed by atoms with Crippen LogP contribution in [0.2, 0.25) is 0 Å². The SMILES string of the molecule is CCOc1ccc2nc(NC(=O)CN3C(=S)NC(C)(C)C[C@H]3C)sc2c1. The molecule has 1 amide bonds. The number of fused-ring (bicyclic) bond motifs is 1. The fourth-order valence-electron chi connectivity index (χ4n) is 3.22. The third-order valence-corrected chi connectivity index (χ3v) is 5.55. The van der Waals surface area contributed by atoms with Crippen molar-refractivity contribution in [2.45, 2.75) is 45.7 Å². The van der Waals surface area contributed by atoms with Gasteiger partial charge in [-0.25, -0.2) is 4.98 Å². The molecule has 0 bridgehead atoms. The van der Waals surface area contributed by atoms with E-state index in [9.17, 15) is 4.79 Å². The van der Waals surface area contributed by atoms with Gasteiger partial charge in [-0.3, -0.25) is 4.79 Å². The number of nitrogens with one attached hydrogen (secondary N) is 2. The summed E-state index contributed by atoms with van der Waals surface area (Å²) < 4.78 is 6.49. The van der Waals surface area contributed by atoms with Gasteiger partial charge in [-0.05, 0) is 64.5 Å². The number of aromatic nitrogens is 1. The summed E-state index contributed by atoms with van der Waals surface area (Å²) in [6.45, 7) is 9.10. The minimum absolute atomic E-state index is 0.0468. The van der Waals surface area contributed by atoms with Crippen LogP contribution in [-0.2, 0) is 4.79 Å². The molecule has 1 fully saturated rings. The number of carbonyl (C=O) groups is 1. The highest BCUT2D eigenvalue weighted by molar-refractivity contribution is 7.80. The van der Waals surface area contributed by atoms with Gasteiger partial charge in [0.1, 0.15) is 5.75 Å². The van der Waals surface area contributed by atoms with Gasteiger partial charge in [-0.2, -0.15) is 0 Å². The Kier molecular flexibility index (Phi) is 5.34. The lowest BCUT2D eigenvalue weighted by atomic mass is 9.93. The molecule has 0 saturated carbocycles. The molecule has 2 N–H and O–H groups in total. The molecule has 1 aliphatic rings. The monoisotopic (exact) mass is 392 g/mol. The summed E-state index contributed by atoms with van der Waals surface area (Å²) in [6.07, 6.45) is 0.918. The number of nitrogens with zero attached hydrogens (tertiary/aromatic N) is 2. The third-order valence-electron chi connectivity index (χ3n) is 4.28. The molecule has 0 spiro atoms. The second-order valence-electron chi connectivity index (χ2n) is 7.12. The Bertz CT molecular complexity index is 834. The molecular weight excluding hydrogens is 368 g/mol. The summed E-state index contributed by atoms with van der Waals surface area (Å²) in [6, 6.07) is 5.94. The van der Waals surface area contributed by atoms with Gasteiger partial charge in [-0.1, -0.05) is 11.3 Å². The zero-order chi connectivity index (χ0) is 18.9. The highest BCUT2D eigenvalue weighted by atomic mass is 32.1. The maximum Gasteiger partial charge on any atom is 0.245 e. The van der Waals surface area contributed by atoms with Gasteiger partial charge < -0.3 is 20.3 Å². The van der Waals surface area contributed by atoms with Crippen LogP contribution < -0.4 is 15.4 Å². The summed E-state index contributed by atoms with van der Waals surface area (Å²) in [7, 11) is 0. The Morgan fingerprint density at radius 1 is 1.54 bits per heavy atom. The first-order valence-corrected chi connectivity index (χ1v) is 9.92. The van der Waals surface area contributed by atoms with E-state index >= 15 is 0 Å². The average Bonchev–Trinajstić information content (AvgIpc) is 2.91. The average molecular weight is 393 g/mol. The molecule has 0 radical (unpaired) electrons. The summed E-state index contributed by atoms with van der Waals surface area (Å²) in [4.78, 5) is 18.9. The molecular formula is C18H24N4O2S2. The van der Waals surface area contributed by atoms with Crippen LogP contribution in [0.15, 0.2) is 18.2 Å². The second-order valence-corrected chi connectivity index (χ2v) is 8.54. The molecule has 26 heavy (non-hydrogen) atoms. The second kappa shape index (κ2) is 7.36. The molecule has 1 saturated heterocycles.